The molecule has 0 aliphatic heterocycles. The average Bonchev–Trinajstić information content (AvgIpc) is 2.47. The monoisotopic (exact) mass is 300 g/mol. The predicted molar refractivity (Wildman–Crippen MR) is 83.0 cm³/mol. The molecule has 1 N–H and O–H groups in total. The summed E-state index contributed by atoms with van der Waals surface area (Å²) in [6.45, 7) is 1.58. The highest BCUT2D eigenvalue weighted by atomic mass is 35.5. The number of nitrogens with zero attached hydrogens (tertiary/aromatic N) is 2. The Hall–Kier alpha value is -2.17. The summed E-state index contributed by atoms with van der Waals surface area (Å²) in [6.07, 6.45) is -0.874. The smallest absolute Gasteiger partial charge is 0.267 e. The second kappa shape index (κ2) is 5.31. The van der Waals surface area contributed by atoms with Gasteiger partial charge in [0.25, 0.3) is 5.56 Å². The zero-order chi connectivity index (χ0) is 15.0. The average molecular weight is 301 g/mol. The lowest BCUT2D eigenvalue weighted by Crippen LogP contribution is -2.25. The summed E-state index contributed by atoms with van der Waals surface area (Å²) < 4.78 is 1.40. The third kappa shape index (κ3) is 2.33. The molecule has 2 aromatic carbocycles. The van der Waals surface area contributed by atoms with E-state index in [0.29, 0.717) is 27.4 Å². The van der Waals surface area contributed by atoms with Gasteiger partial charge in [0.2, 0.25) is 0 Å². The number of hydrogen-bond acceptors (Lipinski definition) is 3. The molecule has 21 heavy (non-hydrogen) atoms. The maximum absolute atomic E-state index is 12.8. The molecule has 0 spiro atoms. The van der Waals surface area contributed by atoms with Crippen molar-refractivity contribution in [1.29, 1.82) is 0 Å². The van der Waals surface area contributed by atoms with Crippen LogP contribution in [0.4, 0.5) is 0 Å². The molecule has 1 heterocycles. The summed E-state index contributed by atoms with van der Waals surface area (Å²) in [6, 6.07) is 14.2. The van der Waals surface area contributed by atoms with Gasteiger partial charge in [-0.15, -0.1) is 0 Å². The van der Waals surface area contributed by atoms with Crippen LogP contribution in [0.2, 0.25) is 5.02 Å². The van der Waals surface area contributed by atoms with Gasteiger partial charge in [0.15, 0.2) is 0 Å². The molecule has 3 rings (SSSR count). The van der Waals surface area contributed by atoms with Crippen LogP contribution in [0.1, 0.15) is 18.9 Å². The number of halogens is 1. The molecule has 0 unspecified atom stereocenters. The van der Waals surface area contributed by atoms with E-state index in [2.05, 4.69) is 4.98 Å². The van der Waals surface area contributed by atoms with E-state index in [1.165, 1.54) is 4.57 Å². The van der Waals surface area contributed by atoms with Gasteiger partial charge < -0.3 is 5.11 Å². The Morgan fingerprint density at radius 1 is 1.14 bits per heavy atom. The number of para-hydroxylation sites is 1. The van der Waals surface area contributed by atoms with Crippen LogP contribution in [-0.2, 0) is 0 Å². The van der Waals surface area contributed by atoms with E-state index in [4.69, 9.17) is 11.6 Å². The molecule has 0 aliphatic rings. The minimum atomic E-state index is -0.874. The summed E-state index contributed by atoms with van der Waals surface area (Å²) in [5, 5.41) is 10.7. The molecule has 0 amide bonds. The second-order valence-electron chi connectivity index (χ2n) is 4.76. The number of hydrogen-bond donors (Lipinski definition) is 1. The van der Waals surface area contributed by atoms with Gasteiger partial charge in [-0.25, -0.2) is 4.98 Å². The van der Waals surface area contributed by atoms with Crippen molar-refractivity contribution in [2.45, 2.75) is 13.0 Å². The molecule has 1 aromatic heterocycles. The van der Waals surface area contributed by atoms with Crippen LogP contribution in [0.25, 0.3) is 16.6 Å². The highest BCUT2D eigenvalue weighted by Crippen LogP contribution is 2.22. The molecule has 0 fully saturated rings. The van der Waals surface area contributed by atoms with Crippen molar-refractivity contribution in [1.82, 2.24) is 9.55 Å². The third-order valence-electron chi connectivity index (χ3n) is 3.26. The maximum Gasteiger partial charge on any atom is 0.267 e. The van der Waals surface area contributed by atoms with E-state index in [1.807, 2.05) is 18.2 Å². The van der Waals surface area contributed by atoms with Crippen molar-refractivity contribution >= 4 is 22.5 Å². The predicted octanol–water partition coefficient (Wildman–Crippen LogP) is 3.09. The van der Waals surface area contributed by atoms with E-state index in [1.54, 1.807) is 37.3 Å². The molecule has 0 bridgehead atoms. The van der Waals surface area contributed by atoms with E-state index < -0.39 is 6.10 Å². The van der Waals surface area contributed by atoms with E-state index in [0.717, 1.165) is 0 Å². The number of aliphatic hydroxyl groups is 1. The van der Waals surface area contributed by atoms with E-state index >= 15 is 0 Å². The summed E-state index contributed by atoms with van der Waals surface area (Å²) in [5.41, 5.74) is 0.844. The van der Waals surface area contributed by atoms with Crippen molar-refractivity contribution in [3.05, 3.63) is 69.7 Å². The Labute approximate surface area is 126 Å². The van der Waals surface area contributed by atoms with E-state index in [9.17, 15) is 9.90 Å². The summed E-state index contributed by atoms with van der Waals surface area (Å²) in [7, 11) is 0. The van der Waals surface area contributed by atoms with Crippen LogP contribution in [0.3, 0.4) is 0 Å². The van der Waals surface area contributed by atoms with Crippen LogP contribution in [0, 0.1) is 0 Å². The van der Waals surface area contributed by atoms with E-state index in [-0.39, 0.29) is 5.56 Å². The lowest BCUT2D eigenvalue weighted by molar-refractivity contribution is 0.186. The van der Waals surface area contributed by atoms with Gasteiger partial charge in [-0.1, -0.05) is 35.9 Å². The van der Waals surface area contributed by atoms with Gasteiger partial charge in [-0.2, -0.15) is 0 Å². The molecule has 0 aliphatic carbocycles. The molecular formula is C16H13ClN2O2. The molecule has 0 saturated heterocycles. The van der Waals surface area contributed by atoms with Crippen LogP contribution in [-0.4, -0.2) is 14.7 Å². The van der Waals surface area contributed by atoms with Crippen LogP contribution < -0.4 is 5.56 Å². The first-order chi connectivity index (χ1) is 10.1. The van der Waals surface area contributed by atoms with Crippen molar-refractivity contribution in [2.24, 2.45) is 0 Å². The molecule has 0 saturated carbocycles. The number of benzene rings is 2. The van der Waals surface area contributed by atoms with Crippen molar-refractivity contribution in [3.63, 3.8) is 0 Å². The highest BCUT2D eigenvalue weighted by Gasteiger charge is 2.17. The van der Waals surface area contributed by atoms with Crippen LogP contribution in [0.15, 0.2) is 53.3 Å². The minimum absolute atomic E-state index is 0.285. The fraction of sp³-hybridized carbons (Fsp3) is 0.125. The first-order valence-electron chi connectivity index (χ1n) is 6.54. The summed E-state index contributed by atoms with van der Waals surface area (Å²) in [5.74, 6) is 0.293. The SMILES string of the molecule is C[C@H](O)c1nc2cccc(Cl)c2c(=O)n1-c1ccccc1. The first kappa shape index (κ1) is 13.8. The largest absolute Gasteiger partial charge is 0.385 e. The quantitative estimate of drug-likeness (QED) is 0.791. The topological polar surface area (TPSA) is 55.1 Å². The molecule has 5 heteroatoms. The number of aliphatic hydroxyl groups excluding tert-OH is 1. The first-order valence-corrected chi connectivity index (χ1v) is 6.92. The molecule has 106 valence electrons. The fourth-order valence-electron chi connectivity index (χ4n) is 2.31. The fourth-order valence-corrected chi connectivity index (χ4v) is 2.56. The Morgan fingerprint density at radius 3 is 2.52 bits per heavy atom. The second-order valence-corrected chi connectivity index (χ2v) is 5.16. The summed E-state index contributed by atoms with van der Waals surface area (Å²) in [4.78, 5) is 17.2. The van der Waals surface area contributed by atoms with Gasteiger partial charge in [0.1, 0.15) is 11.9 Å². The van der Waals surface area contributed by atoms with Crippen molar-refractivity contribution in [3.8, 4) is 5.69 Å². The highest BCUT2D eigenvalue weighted by molar-refractivity contribution is 6.35. The molecule has 1 atom stereocenters. The summed E-state index contributed by atoms with van der Waals surface area (Å²) >= 11 is 6.14. The normalized spacial score (nSPS) is 12.5. The Bertz CT molecular complexity index is 857. The van der Waals surface area contributed by atoms with Gasteiger partial charge >= 0.3 is 0 Å². The number of rotatable bonds is 2. The molecule has 3 aromatic rings. The minimum Gasteiger partial charge on any atom is -0.385 e. The van der Waals surface area contributed by atoms with Crippen LogP contribution in [0.5, 0.6) is 0 Å². The third-order valence-corrected chi connectivity index (χ3v) is 3.58. The zero-order valence-corrected chi connectivity index (χ0v) is 12.1. The molecule has 4 nitrogen and oxygen atoms in total. The standard InChI is InChI=1S/C16H13ClN2O2/c1-10(20)15-18-13-9-5-8-12(17)14(13)16(21)19(15)11-6-3-2-4-7-11/h2-10,20H,1H3/t10-/m0/s1. The van der Waals surface area contributed by atoms with Gasteiger partial charge in [0, 0.05) is 0 Å². The Balaban J connectivity index is 2.47. The lowest BCUT2D eigenvalue weighted by atomic mass is 10.2. The van der Waals surface area contributed by atoms with Crippen molar-refractivity contribution in [2.75, 3.05) is 0 Å². The van der Waals surface area contributed by atoms with Gasteiger partial charge in [-0.05, 0) is 31.2 Å². The molecule has 0 radical (unpaired) electrons. The number of aromatic nitrogens is 2. The Kier molecular flexibility index (Phi) is 3.49. The maximum atomic E-state index is 12.8. The van der Waals surface area contributed by atoms with Crippen LogP contribution >= 0.6 is 11.6 Å². The van der Waals surface area contributed by atoms with Gasteiger partial charge in [-0.3, -0.25) is 9.36 Å². The van der Waals surface area contributed by atoms with Crippen molar-refractivity contribution < 1.29 is 5.11 Å². The molecular weight excluding hydrogens is 288 g/mol. The lowest BCUT2D eigenvalue weighted by Gasteiger charge is -2.15. The van der Waals surface area contributed by atoms with Gasteiger partial charge in [0.05, 0.1) is 21.6 Å². The Morgan fingerprint density at radius 2 is 1.86 bits per heavy atom. The zero-order valence-electron chi connectivity index (χ0n) is 11.3. The number of fused-ring (bicyclic) bond motifs is 1.